The summed E-state index contributed by atoms with van der Waals surface area (Å²) in [5.74, 6) is 1.18. The molecule has 0 radical (unpaired) electrons. The fraction of sp³-hybridized carbons (Fsp3) is 0.486. The molecule has 0 fully saturated rings. The maximum atomic E-state index is 14.0. The first-order chi connectivity index (χ1) is 18.9. The smallest absolute Gasteiger partial charge is 0.162 e. The van der Waals surface area contributed by atoms with Gasteiger partial charge in [-0.25, -0.2) is 0 Å². The highest BCUT2D eigenvalue weighted by atomic mass is 16.5. The van der Waals surface area contributed by atoms with Crippen LogP contribution in [-0.4, -0.2) is 36.2 Å². The molecule has 5 nitrogen and oxygen atoms in total. The molecule has 2 aromatic rings. The van der Waals surface area contributed by atoms with Crippen LogP contribution in [0.4, 0.5) is 0 Å². The lowest BCUT2D eigenvalue weighted by Crippen LogP contribution is -2.45. The largest absolute Gasteiger partial charge is 0.493 e. The van der Waals surface area contributed by atoms with Crippen molar-refractivity contribution >= 4 is 11.6 Å². The summed E-state index contributed by atoms with van der Waals surface area (Å²) >= 11 is 0. The van der Waals surface area contributed by atoms with Crippen LogP contribution in [0.5, 0.6) is 11.5 Å². The molecule has 2 aliphatic carbocycles. The summed E-state index contributed by atoms with van der Waals surface area (Å²) in [7, 11) is 1.64. The number of allylic oxidation sites excluding steroid dienone is 4. The number of carbonyl (C=O) groups is 2. The van der Waals surface area contributed by atoms with Crippen LogP contribution in [0.1, 0.15) is 84.3 Å². The molecule has 0 unspecified atom stereocenters. The van der Waals surface area contributed by atoms with E-state index >= 15 is 0 Å². The third-order valence-corrected chi connectivity index (χ3v) is 8.37. The zero-order valence-corrected chi connectivity index (χ0v) is 25.1. The monoisotopic (exact) mass is 541 g/mol. The number of ether oxygens (including phenoxy) is 2. The van der Waals surface area contributed by atoms with Gasteiger partial charge < -0.3 is 14.4 Å². The predicted molar refractivity (Wildman–Crippen MR) is 158 cm³/mol. The first-order valence-electron chi connectivity index (χ1n) is 14.6. The predicted octanol–water partition coefficient (Wildman–Crippen LogP) is 7.41. The fourth-order valence-corrected chi connectivity index (χ4v) is 6.75. The summed E-state index contributed by atoms with van der Waals surface area (Å²) in [4.78, 5) is 30.5. The van der Waals surface area contributed by atoms with Gasteiger partial charge in [0.15, 0.2) is 23.1 Å². The summed E-state index contributed by atoms with van der Waals surface area (Å²) in [5, 5.41) is 0. The molecule has 0 aromatic heterocycles. The summed E-state index contributed by atoms with van der Waals surface area (Å²) < 4.78 is 11.7. The number of benzene rings is 2. The molecule has 0 amide bonds. The third kappa shape index (κ3) is 5.48. The van der Waals surface area contributed by atoms with Crippen LogP contribution >= 0.6 is 0 Å². The van der Waals surface area contributed by atoms with E-state index in [2.05, 4.69) is 56.9 Å². The molecule has 0 saturated carbocycles. The van der Waals surface area contributed by atoms with Crippen molar-refractivity contribution in [2.75, 3.05) is 13.7 Å². The van der Waals surface area contributed by atoms with Crippen LogP contribution in [0.25, 0.3) is 0 Å². The van der Waals surface area contributed by atoms with Crippen molar-refractivity contribution in [2.24, 2.45) is 10.8 Å². The number of Topliss-reactive ketones (excluding diaryl/α,β-unsaturated/α-hetero) is 2. The lowest BCUT2D eigenvalue weighted by molar-refractivity contribution is -0.119. The van der Waals surface area contributed by atoms with Gasteiger partial charge in [-0.1, -0.05) is 64.1 Å². The van der Waals surface area contributed by atoms with Crippen LogP contribution in [0.15, 0.2) is 71.1 Å². The molecule has 0 atom stereocenters. The summed E-state index contributed by atoms with van der Waals surface area (Å²) in [6.07, 6.45) is 3.40. The van der Waals surface area contributed by atoms with Crippen molar-refractivity contribution in [1.29, 1.82) is 0 Å². The van der Waals surface area contributed by atoms with Gasteiger partial charge in [0, 0.05) is 47.8 Å². The molecule has 0 bridgehead atoms. The molecule has 5 heteroatoms. The minimum absolute atomic E-state index is 0.000493. The van der Waals surface area contributed by atoms with E-state index in [1.54, 1.807) is 7.11 Å². The lowest BCUT2D eigenvalue weighted by Gasteiger charge is -2.49. The maximum Gasteiger partial charge on any atom is 0.162 e. The normalized spacial score (nSPS) is 20.6. The highest BCUT2D eigenvalue weighted by molar-refractivity contribution is 6.06. The van der Waals surface area contributed by atoms with E-state index in [4.69, 9.17) is 9.47 Å². The van der Waals surface area contributed by atoms with Gasteiger partial charge in [-0.2, -0.15) is 0 Å². The van der Waals surface area contributed by atoms with Gasteiger partial charge in [-0.05, 0) is 67.2 Å². The van der Waals surface area contributed by atoms with E-state index in [-0.39, 0.29) is 28.5 Å². The third-order valence-electron chi connectivity index (χ3n) is 8.37. The van der Waals surface area contributed by atoms with Crippen LogP contribution in [0.2, 0.25) is 0 Å². The summed E-state index contributed by atoms with van der Waals surface area (Å²) in [6.45, 7) is 13.4. The molecule has 1 heterocycles. The van der Waals surface area contributed by atoms with Crippen molar-refractivity contribution in [3.05, 3.63) is 82.2 Å². The molecular formula is C35H43NO4. The van der Waals surface area contributed by atoms with Gasteiger partial charge in [-0.15, -0.1) is 0 Å². The Hall–Kier alpha value is -3.34. The van der Waals surface area contributed by atoms with Crippen LogP contribution < -0.4 is 9.47 Å². The zero-order valence-electron chi connectivity index (χ0n) is 25.1. The minimum atomic E-state index is -0.396. The Morgan fingerprint density at radius 3 is 1.93 bits per heavy atom. The van der Waals surface area contributed by atoms with Crippen LogP contribution in [-0.2, 0) is 16.0 Å². The second-order valence-corrected chi connectivity index (χ2v) is 13.5. The fourth-order valence-electron chi connectivity index (χ4n) is 6.75. The standard InChI is InChI=1S/C35H43NO4/c1-22(2)40-29-14-13-24(17-30(29)39-7)31-32-25(18-34(3,4)20-27(32)37)36(16-15-23-11-9-8-10-12-23)26-19-35(5,6)21-28(38)33(26)31/h8-14,17,22,31H,15-16,18-21H2,1-7H3. The van der Waals surface area contributed by atoms with Gasteiger partial charge in [-0.3, -0.25) is 9.59 Å². The van der Waals surface area contributed by atoms with Crippen molar-refractivity contribution in [3.8, 4) is 11.5 Å². The topological polar surface area (TPSA) is 55.8 Å². The molecule has 0 N–H and O–H groups in total. The van der Waals surface area contributed by atoms with Crippen molar-refractivity contribution in [3.63, 3.8) is 0 Å². The van der Waals surface area contributed by atoms with Gasteiger partial charge in [0.25, 0.3) is 0 Å². The number of rotatable bonds is 7. The van der Waals surface area contributed by atoms with Crippen LogP contribution in [0, 0.1) is 10.8 Å². The summed E-state index contributed by atoms with van der Waals surface area (Å²) in [6, 6.07) is 16.4. The van der Waals surface area contributed by atoms with E-state index in [1.807, 2.05) is 38.1 Å². The van der Waals surface area contributed by atoms with E-state index < -0.39 is 5.92 Å². The van der Waals surface area contributed by atoms with E-state index in [0.717, 1.165) is 53.9 Å². The van der Waals surface area contributed by atoms with Crippen molar-refractivity contribution in [2.45, 2.75) is 85.7 Å². The van der Waals surface area contributed by atoms with Gasteiger partial charge in [0.2, 0.25) is 0 Å². The quantitative estimate of drug-likeness (QED) is 0.365. The van der Waals surface area contributed by atoms with E-state index in [0.29, 0.717) is 24.3 Å². The molecule has 5 rings (SSSR count). The second kappa shape index (κ2) is 10.6. The summed E-state index contributed by atoms with van der Waals surface area (Å²) in [5.41, 5.74) is 5.63. The second-order valence-electron chi connectivity index (χ2n) is 13.5. The highest BCUT2D eigenvalue weighted by Gasteiger charge is 2.49. The van der Waals surface area contributed by atoms with Crippen molar-refractivity contribution in [1.82, 2.24) is 4.90 Å². The minimum Gasteiger partial charge on any atom is -0.493 e. The molecule has 40 heavy (non-hydrogen) atoms. The number of methoxy groups -OCH3 is 1. The van der Waals surface area contributed by atoms with Crippen LogP contribution in [0.3, 0.4) is 0 Å². The number of carbonyl (C=O) groups excluding carboxylic acids is 2. The van der Waals surface area contributed by atoms with Crippen molar-refractivity contribution < 1.29 is 19.1 Å². The Labute approximate surface area is 239 Å². The maximum absolute atomic E-state index is 14.0. The SMILES string of the molecule is COc1cc(C2C3=C(CC(C)(C)CC3=O)N(CCc3ccccc3)C3=C2C(=O)CC(C)(C)C3)ccc1OC(C)C. The Kier molecular flexibility index (Phi) is 7.45. The Morgan fingerprint density at radius 1 is 0.825 bits per heavy atom. The first kappa shape index (κ1) is 28.2. The van der Waals surface area contributed by atoms with E-state index in [9.17, 15) is 9.59 Å². The lowest BCUT2D eigenvalue weighted by atomic mass is 9.63. The van der Waals surface area contributed by atoms with Gasteiger partial charge >= 0.3 is 0 Å². The molecule has 1 aliphatic heterocycles. The van der Waals surface area contributed by atoms with Gasteiger partial charge in [0.05, 0.1) is 13.2 Å². The molecule has 0 saturated heterocycles. The molecular weight excluding hydrogens is 498 g/mol. The Morgan fingerprint density at radius 2 is 1.40 bits per heavy atom. The first-order valence-corrected chi connectivity index (χ1v) is 14.6. The highest BCUT2D eigenvalue weighted by Crippen LogP contribution is 2.55. The average molecular weight is 542 g/mol. The molecule has 3 aliphatic rings. The number of nitrogens with zero attached hydrogens (tertiary/aromatic N) is 1. The van der Waals surface area contributed by atoms with Gasteiger partial charge in [0.1, 0.15) is 0 Å². The Bertz CT molecular complexity index is 1330. The average Bonchev–Trinajstić information content (AvgIpc) is 2.86. The zero-order chi connectivity index (χ0) is 28.8. The number of hydrogen-bond donors (Lipinski definition) is 0. The molecule has 2 aromatic carbocycles. The number of ketones is 2. The molecule has 0 spiro atoms. The molecule has 212 valence electrons. The number of hydrogen-bond acceptors (Lipinski definition) is 5. The van der Waals surface area contributed by atoms with E-state index in [1.165, 1.54) is 5.56 Å². The Balaban J connectivity index is 1.69.